The Labute approximate surface area is 153 Å². The molecule has 0 atom stereocenters. The number of hydrogen-bond donors (Lipinski definition) is 0. The topological polar surface area (TPSA) is 71.3 Å². The summed E-state index contributed by atoms with van der Waals surface area (Å²) >= 11 is 0. The lowest BCUT2D eigenvalue weighted by molar-refractivity contribution is 0.0620. The van der Waals surface area contributed by atoms with E-state index >= 15 is 0 Å². The fourth-order valence-electron chi connectivity index (χ4n) is 3.05. The first-order chi connectivity index (χ1) is 12.7. The van der Waals surface area contributed by atoms with Crippen LogP contribution in [0.1, 0.15) is 35.8 Å². The number of carbonyl (C=O) groups is 1. The molecule has 2 aromatic rings. The van der Waals surface area contributed by atoms with Gasteiger partial charge in [0.1, 0.15) is 5.69 Å². The first-order valence-corrected chi connectivity index (χ1v) is 9.16. The van der Waals surface area contributed by atoms with Crippen molar-refractivity contribution in [1.82, 2.24) is 24.6 Å². The molecule has 1 amide bonds. The minimum Gasteiger partial charge on any atom is -0.335 e. The van der Waals surface area contributed by atoms with Crippen molar-refractivity contribution in [3.63, 3.8) is 0 Å². The van der Waals surface area contributed by atoms with E-state index < -0.39 is 0 Å². The molecule has 0 unspecified atom stereocenters. The van der Waals surface area contributed by atoms with E-state index in [2.05, 4.69) is 21.9 Å². The SMILES string of the molecule is CCCCn1nc(C(=O)N2CCN(Cc3ccncc3)CC2)ccc1=O. The number of piperazine rings is 1. The van der Waals surface area contributed by atoms with Crippen LogP contribution in [0.4, 0.5) is 0 Å². The maximum absolute atomic E-state index is 12.7. The monoisotopic (exact) mass is 355 g/mol. The van der Waals surface area contributed by atoms with Gasteiger partial charge in [0, 0.05) is 57.7 Å². The number of carbonyl (C=O) groups excluding carboxylic acids is 1. The normalized spacial score (nSPS) is 15.2. The summed E-state index contributed by atoms with van der Waals surface area (Å²) in [7, 11) is 0. The van der Waals surface area contributed by atoms with Crippen LogP contribution >= 0.6 is 0 Å². The third kappa shape index (κ3) is 4.54. The number of aromatic nitrogens is 3. The average Bonchev–Trinajstić information content (AvgIpc) is 2.68. The summed E-state index contributed by atoms with van der Waals surface area (Å²) in [6.45, 7) is 6.46. The lowest BCUT2D eigenvalue weighted by atomic mass is 10.2. The Kier molecular flexibility index (Phi) is 6.12. The Morgan fingerprint density at radius 2 is 1.81 bits per heavy atom. The Balaban J connectivity index is 1.59. The minimum absolute atomic E-state index is 0.0983. The van der Waals surface area contributed by atoms with E-state index in [0.29, 0.717) is 25.3 Å². The van der Waals surface area contributed by atoms with Gasteiger partial charge in [0.25, 0.3) is 11.5 Å². The zero-order valence-electron chi connectivity index (χ0n) is 15.2. The van der Waals surface area contributed by atoms with E-state index in [4.69, 9.17) is 0 Å². The molecular formula is C19H25N5O2. The van der Waals surface area contributed by atoms with Crippen LogP contribution in [0.2, 0.25) is 0 Å². The van der Waals surface area contributed by atoms with E-state index in [0.717, 1.165) is 32.5 Å². The van der Waals surface area contributed by atoms with E-state index in [-0.39, 0.29) is 11.5 Å². The predicted octanol–water partition coefficient (Wildman–Crippen LogP) is 1.40. The molecule has 138 valence electrons. The number of aryl methyl sites for hydroxylation is 1. The molecule has 1 fully saturated rings. The van der Waals surface area contributed by atoms with Gasteiger partial charge in [-0.1, -0.05) is 13.3 Å². The maximum Gasteiger partial charge on any atom is 0.274 e. The smallest absolute Gasteiger partial charge is 0.274 e. The first-order valence-electron chi connectivity index (χ1n) is 9.16. The largest absolute Gasteiger partial charge is 0.335 e. The molecule has 1 aliphatic rings. The Morgan fingerprint density at radius 3 is 2.50 bits per heavy atom. The third-order valence-electron chi connectivity index (χ3n) is 4.62. The number of rotatable bonds is 6. The summed E-state index contributed by atoms with van der Waals surface area (Å²) in [6, 6.07) is 7.01. The molecule has 7 heteroatoms. The molecule has 2 aromatic heterocycles. The van der Waals surface area contributed by atoms with Gasteiger partial charge in [-0.2, -0.15) is 5.10 Å². The number of pyridine rings is 1. The summed E-state index contributed by atoms with van der Waals surface area (Å²) in [4.78, 5) is 32.8. The van der Waals surface area contributed by atoms with Gasteiger partial charge >= 0.3 is 0 Å². The van der Waals surface area contributed by atoms with Crippen molar-refractivity contribution in [2.75, 3.05) is 26.2 Å². The Hall–Kier alpha value is -2.54. The molecule has 0 N–H and O–H groups in total. The zero-order chi connectivity index (χ0) is 18.4. The molecule has 0 saturated carbocycles. The fourth-order valence-corrected chi connectivity index (χ4v) is 3.05. The second-order valence-electron chi connectivity index (χ2n) is 6.56. The highest BCUT2D eigenvalue weighted by atomic mass is 16.2. The van der Waals surface area contributed by atoms with E-state index in [9.17, 15) is 9.59 Å². The van der Waals surface area contributed by atoms with Crippen LogP contribution in [-0.2, 0) is 13.1 Å². The molecule has 1 saturated heterocycles. The van der Waals surface area contributed by atoms with Gasteiger partial charge in [-0.25, -0.2) is 4.68 Å². The molecule has 3 rings (SSSR count). The molecule has 0 aromatic carbocycles. The number of amides is 1. The Bertz CT molecular complexity index is 782. The van der Waals surface area contributed by atoms with E-state index in [1.54, 1.807) is 12.4 Å². The van der Waals surface area contributed by atoms with Gasteiger partial charge in [0.05, 0.1) is 0 Å². The molecular weight excluding hydrogens is 330 g/mol. The van der Waals surface area contributed by atoms with Crippen LogP contribution in [0, 0.1) is 0 Å². The number of hydrogen-bond acceptors (Lipinski definition) is 5. The summed E-state index contributed by atoms with van der Waals surface area (Å²) in [5, 5.41) is 4.26. The molecule has 1 aliphatic heterocycles. The highest BCUT2D eigenvalue weighted by Crippen LogP contribution is 2.10. The summed E-state index contributed by atoms with van der Waals surface area (Å²) < 4.78 is 1.40. The van der Waals surface area contributed by atoms with Crippen molar-refractivity contribution in [3.05, 3.63) is 58.3 Å². The predicted molar refractivity (Wildman–Crippen MR) is 98.8 cm³/mol. The van der Waals surface area contributed by atoms with E-state index in [1.165, 1.54) is 22.4 Å². The van der Waals surface area contributed by atoms with Crippen molar-refractivity contribution in [2.45, 2.75) is 32.9 Å². The van der Waals surface area contributed by atoms with Crippen molar-refractivity contribution in [1.29, 1.82) is 0 Å². The lowest BCUT2D eigenvalue weighted by Crippen LogP contribution is -2.48. The van der Waals surface area contributed by atoms with Crippen molar-refractivity contribution < 1.29 is 4.79 Å². The molecule has 0 bridgehead atoms. The average molecular weight is 355 g/mol. The highest BCUT2D eigenvalue weighted by Gasteiger charge is 2.23. The molecule has 0 spiro atoms. The molecule has 3 heterocycles. The summed E-state index contributed by atoms with van der Waals surface area (Å²) in [5.41, 5.74) is 1.42. The lowest BCUT2D eigenvalue weighted by Gasteiger charge is -2.34. The van der Waals surface area contributed by atoms with Crippen molar-refractivity contribution in [3.8, 4) is 0 Å². The molecule has 26 heavy (non-hydrogen) atoms. The van der Waals surface area contributed by atoms with Gasteiger partial charge in [0.15, 0.2) is 0 Å². The van der Waals surface area contributed by atoms with Crippen LogP contribution in [0.5, 0.6) is 0 Å². The van der Waals surface area contributed by atoms with Gasteiger partial charge in [-0.15, -0.1) is 0 Å². The summed E-state index contributed by atoms with van der Waals surface area (Å²) in [6.07, 6.45) is 5.45. The quantitative estimate of drug-likeness (QED) is 0.783. The van der Waals surface area contributed by atoms with E-state index in [1.807, 2.05) is 17.0 Å². The fraction of sp³-hybridized carbons (Fsp3) is 0.474. The second kappa shape index (κ2) is 8.71. The van der Waals surface area contributed by atoms with Crippen molar-refractivity contribution >= 4 is 5.91 Å². The Morgan fingerprint density at radius 1 is 1.08 bits per heavy atom. The highest BCUT2D eigenvalue weighted by molar-refractivity contribution is 5.92. The van der Waals surface area contributed by atoms with Gasteiger partial charge in [-0.05, 0) is 30.2 Å². The second-order valence-corrected chi connectivity index (χ2v) is 6.56. The minimum atomic E-state index is -0.155. The number of unbranched alkanes of at least 4 members (excludes halogenated alkanes) is 1. The molecule has 7 nitrogen and oxygen atoms in total. The summed E-state index contributed by atoms with van der Waals surface area (Å²) in [5.74, 6) is -0.0983. The van der Waals surface area contributed by atoms with Gasteiger partial charge in [-0.3, -0.25) is 19.5 Å². The van der Waals surface area contributed by atoms with Gasteiger partial charge < -0.3 is 4.90 Å². The maximum atomic E-state index is 12.7. The standard InChI is InChI=1S/C19H25N5O2/c1-2-3-10-24-18(25)5-4-17(21-24)19(26)23-13-11-22(12-14-23)15-16-6-8-20-9-7-16/h4-9H,2-3,10-15H2,1H3. The number of nitrogens with zero attached hydrogens (tertiary/aromatic N) is 5. The van der Waals surface area contributed by atoms with Gasteiger partial charge in [0.2, 0.25) is 0 Å². The van der Waals surface area contributed by atoms with Crippen LogP contribution in [0.25, 0.3) is 0 Å². The third-order valence-corrected chi connectivity index (χ3v) is 4.62. The van der Waals surface area contributed by atoms with Crippen LogP contribution < -0.4 is 5.56 Å². The first kappa shape index (κ1) is 18.3. The van der Waals surface area contributed by atoms with Crippen molar-refractivity contribution in [2.24, 2.45) is 0 Å². The van der Waals surface area contributed by atoms with Crippen LogP contribution in [-0.4, -0.2) is 56.7 Å². The van der Waals surface area contributed by atoms with Crippen LogP contribution in [0.3, 0.4) is 0 Å². The zero-order valence-corrected chi connectivity index (χ0v) is 15.2. The molecule has 0 radical (unpaired) electrons. The molecule has 0 aliphatic carbocycles. The van der Waals surface area contributed by atoms with Crippen LogP contribution in [0.15, 0.2) is 41.5 Å².